The fourth-order valence-electron chi connectivity index (χ4n) is 1.84. The molecule has 0 aromatic heterocycles. The Labute approximate surface area is 112 Å². The Balaban J connectivity index is 2.90. The lowest BCUT2D eigenvalue weighted by Crippen LogP contribution is -2.34. The molecule has 5 heteroatoms. The van der Waals surface area contributed by atoms with Crippen LogP contribution in [0.5, 0.6) is 0 Å². The number of nitrogens with zero attached hydrogens (tertiary/aromatic N) is 1. The third kappa shape index (κ3) is 4.28. The van der Waals surface area contributed by atoms with E-state index in [2.05, 4.69) is 0 Å². The number of aryl methyl sites for hydroxylation is 1. The Morgan fingerprint density at radius 2 is 2.00 bits per heavy atom. The number of nitrogens with two attached hydrogens (primary N) is 1. The van der Waals surface area contributed by atoms with E-state index >= 15 is 0 Å². The second kappa shape index (κ2) is 6.61. The van der Waals surface area contributed by atoms with Gasteiger partial charge in [-0.15, -0.1) is 0 Å². The van der Waals surface area contributed by atoms with Crippen molar-refractivity contribution in [2.24, 2.45) is 5.73 Å². The molecular weight excluding hydrogens is 250 g/mol. The van der Waals surface area contributed by atoms with Gasteiger partial charge >= 0.3 is 0 Å². The smallest absolute Gasteiger partial charge is 0.218 e. The quantitative estimate of drug-likeness (QED) is 0.862. The van der Waals surface area contributed by atoms with Crippen molar-refractivity contribution in [2.75, 3.05) is 6.54 Å². The summed E-state index contributed by atoms with van der Waals surface area (Å²) in [5.41, 5.74) is 5.56. The Bertz CT molecular complexity index is 461. The molecule has 0 unspecified atom stereocenters. The zero-order valence-electron chi connectivity index (χ0n) is 11.5. The molecule has 0 heterocycles. The van der Waals surface area contributed by atoms with E-state index in [1.807, 2.05) is 18.7 Å². The summed E-state index contributed by atoms with van der Waals surface area (Å²) >= 11 is 0. The SMILES string of the molecule is Cc1ccc(F)c(CN(CCC(N)=O)C(C)C)c1F. The van der Waals surface area contributed by atoms with Crippen molar-refractivity contribution in [3.05, 3.63) is 34.9 Å². The van der Waals surface area contributed by atoms with Gasteiger partial charge in [0.1, 0.15) is 11.6 Å². The van der Waals surface area contributed by atoms with E-state index < -0.39 is 17.5 Å². The minimum atomic E-state index is -0.562. The van der Waals surface area contributed by atoms with E-state index in [1.54, 1.807) is 6.92 Å². The lowest BCUT2D eigenvalue weighted by Gasteiger charge is -2.26. The molecule has 0 aliphatic carbocycles. The highest BCUT2D eigenvalue weighted by Crippen LogP contribution is 2.19. The number of amides is 1. The fourth-order valence-corrected chi connectivity index (χ4v) is 1.84. The number of rotatable bonds is 6. The second-order valence-corrected chi connectivity index (χ2v) is 4.94. The third-order valence-corrected chi connectivity index (χ3v) is 3.12. The summed E-state index contributed by atoms with van der Waals surface area (Å²) in [7, 11) is 0. The first-order valence-electron chi connectivity index (χ1n) is 6.28. The molecule has 0 saturated heterocycles. The van der Waals surface area contributed by atoms with Crippen LogP contribution in [0.15, 0.2) is 12.1 Å². The number of hydrogen-bond donors (Lipinski definition) is 1. The van der Waals surface area contributed by atoms with Gasteiger partial charge in [0, 0.05) is 31.1 Å². The maximum atomic E-state index is 13.9. The molecule has 19 heavy (non-hydrogen) atoms. The minimum Gasteiger partial charge on any atom is -0.370 e. The lowest BCUT2D eigenvalue weighted by molar-refractivity contribution is -0.118. The molecule has 106 valence electrons. The summed E-state index contributed by atoms with van der Waals surface area (Å²) in [5, 5.41) is 0. The van der Waals surface area contributed by atoms with Gasteiger partial charge in [0.2, 0.25) is 5.91 Å². The van der Waals surface area contributed by atoms with Crippen molar-refractivity contribution in [2.45, 2.75) is 39.8 Å². The zero-order chi connectivity index (χ0) is 14.6. The average molecular weight is 270 g/mol. The van der Waals surface area contributed by atoms with Gasteiger partial charge < -0.3 is 5.73 Å². The van der Waals surface area contributed by atoms with E-state index in [9.17, 15) is 13.6 Å². The summed E-state index contributed by atoms with van der Waals surface area (Å²) in [4.78, 5) is 12.6. The van der Waals surface area contributed by atoms with E-state index in [4.69, 9.17) is 5.73 Å². The maximum Gasteiger partial charge on any atom is 0.218 e. The van der Waals surface area contributed by atoms with Crippen molar-refractivity contribution in [1.29, 1.82) is 0 Å². The zero-order valence-corrected chi connectivity index (χ0v) is 11.5. The molecule has 1 rings (SSSR count). The van der Waals surface area contributed by atoms with Crippen molar-refractivity contribution in [3.8, 4) is 0 Å². The van der Waals surface area contributed by atoms with Gasteiger partial charge in [-0.2, -0.15) is 0 Å². The van der Waals surface area contributed by atoms with E-state index in [0.717, 1.165) is 0 Å². The predicted molar refractivity (Wildman–Crippen MR) is 70.5 cm³/mol. The van der Waals surface area contributed by atoms with Crippen LogP contribution in [-0.4, -0.2) is 23.4 Å². The van der Waals surface area contributed by atoms with Crippen LogP contribution in [0.4, 0.5) is 8.78 Å². The first-order valence-corrected chi connectivity index (χ1v) is 6.28. The summed E-state index contributed by atoms with van der Waals surface area (Å²) in [5.74, 6) is -1.51. The molecular formula is C14H20F2N2O. The molecule has 0 fully saturated rings. The van der Waals surface area contributed by atoms with E-state index in [0.29, 0.717) is 12.1 Å². The molecule has 2 N–H and O–H groups in total. The Morgan fingerprint density at radius 1 is 1.37 bits per heavy atom. The summed E-state index contributed by atoms with van der Waals surface area (Å²) in [6, 6.07) is 2.75. The molecule has 0 aliphatic rings. The molecule has 0 saturated carbocycles. The van der Waals surface area contributed by atoms with E-state index in [-0.39, 0.29) is 24.6 Å². The Morgan fingerprint density at radius 3 is 2.53 bits per heavy atom. The van der Waals surface area contributed by atoms with Gasteiger partial charge in [0.05, 0.1) is 0 Å². The minimum absolute atomic E-state index is 0.0400. The summed E-state index contributed by atoms with van der Waals surface area (Å²) < 4.78 is 27.6. The number of benzene rings is 1. The molecule has 1 aromatic carbocycles. The average Bonchev–Trinajstić information content (AvgIpc) is 2.32. The highest BCUT2D eigenvalue weighted by molar-refractivity contribution is 5.73. The Kier molecular flexibility index (Phi) is 5.42. The van der Waals surface area contributed by atoms with E-state index in [1.165, 1.54) is 12.1 Å². The molecule has 0 atom stereocenters. The van der Waals surface area contributed by atoms with Gasteiger partial charge in [-0.05, 0) is 32.4 Å². The van der Waals surface area contributed by atoms with Crippen LogP contribution in [0.3, 0.4) is 0 Å². The molecule has 1 aromatic rings. The highest BCUT2D eigenvalue weighted by Gasteiger charge is 2.17. The third-order valence-electron chi connectivity index (χ3n) is 3.12. The predicted octanol–water partition coefficient (Wildman–Crippen LogP) is 2.36. The maximum absolute atomic E-state index is 13.9. The number of halogens is 2. The van der Waals surface area contributed by atoms with Crippen molar-refractivity contribution >= 4 is 5.91 Å². The van der Waals surface area contributed by atoms with Crippen LogP contribution < -0.4 is 5.73 Å². The molecule has 0 bridgehead atoms. The monoisotopic (exact) mass is 270 g/mol. The van der Waals surface area contributed by atoms with Gasteiger partial charge in [0.15, 0.2) is 0 Å². The molecule has 0 aliphatic heterocycles. The first-order chi connectivity index (χ1) is 8.82. The summed E-state index contributed by atoms with van der Waals surface area (Å²) in [6.07, 6.45) is 0.174. The largest absolute Gasteiger partial charge is 0.370 e. The standard InChI is InChI=1S/C14H20F2N2O/c1-9(2)18(7-6-13(17)19)8-11-12(15)5-4-10(3)14(11)16/h4-5,9H,6-8H2,1-3H3,(H2,17,19). The van der Waals surface area contributed by atoms with Crippen LogP contribution in [0.25, 0.3) is 0 Å². The van der Waals surface area contributed by atoms with Gasteiger partial charge in [-0.3, -0.25) is 9.69 Å². The summed E-state index contributed by atoms with van der Waals surface area (Å²) in [6.45, 7) is 5.94. The number of carbonyl (C=O) groups is 1. The van der Waals surface area contributed by atoms with Crippen molar-refractivity contribution < 1.29 is 13.6 Å². The fraction of sp³-hybridized carbons (Fsp3) is 0.500. The first kappa shape index (κ1) is 15.6. The normalized spacial score (nSPS) is 11.3. The number of primary amides is 1. The molecule has 1 amide bonds. The molecule has 0 spiro atoms. The van der Waals surface area contributed by atoms with Gasteiger partial charge in [-0.25, -0.2) is 8.78 Å². The van der Waals surface area contributed by atoms with Gasteiger partial charge in [-0.1, -0.05) is 6.07 Å². The topological polar surface area (TPSA) is 46.3 Å². The molecule has 3 nitrogen and oxygen atoms in total. The van der Waals surface area contributed by atoms with Crippen LogP contribution >= 0.6 is 0 Å². The van der Waals surface area contributed by atoms with Crippen LogP contribution in [-0.2, 0) is 11.3 Å². The Hall–Kier alpha value is -1.49. The highest BCUT2D eigenvalue weighted by atomic mass is 19.1. The van der Waals surface area contributed by atoms with Crippen LogP contribution in [0.1, 0.15) is 31.4 Å². The molecule has 0 radical (unpaired) electrons. The lowest BCUT2D eigenvalue weighted by atomic mass is 10.1. The second-order valence-electron chi connectivity index (χ2n) is 4.94. The van der Waals surface area contributed by atoms with Crippen molar-refractivity contribution in [3.63, 3.8) is 0 Å². The van der Waals surface area contributed by atoms with Crippen molar-refractivity contribution in [1.82, 2.24) is 4.90 Å². The van der Waals surface area contributed by atoms with Crippen LogP contribution in [0.2, 0.25) is 0 Å². The van der Waals surface area contributed by atoms with Gasteiger partial charge in [0.25, 0.3) is 0 Å². The van der Waals surface area contributed by atoms with Crippen LogP contribution in [0, 0.1) is 18.6 Å². The number of carbonyl (C=O) groups excluding carboxylic acids is 1. The number of hydrogen-bond acceptors (Lipinski definition) is 2.